The van der Waals surface area contributed by atoms with Crippen molar-refractivity contribution in [1.82, 2.24) is 5.32 Å². The highest BCUT2D eigenvalue weighted by molar-refractivity contribution is 5.96. The first-order valence-electron chi connectivity index (χ1n) is 6.42. The fourth-order valence-electron chi connectivity index (χ4n) is 1.82. The Morgan fingerprint density at radius 3 is 2.32 bits per heavy atom. The Morgan fingerprint density at radius 1 is 1.27 bits per heavy atom. The smallest absolute Gasteiger partial charge is 0.419 e. The minimum Gasteiger partial charge on any atom is -0.480 e. The minimum atomic E-state index is -4.94. The molecule has 0 saturated carbocycles. The molecule has 1 aromatic carbocycles. The molecule has 1 aromatic rings. The number of nitrogens with one attached hydrogen (secondary N) is 1. The molecule has 0 fully saturated rings. The maximum atomic E-state index is 13.1. The van der Waals surface area contributed by atoms with Crippen molar-refractivity contribution in [3.05, 3.63) is 35.1 Å². The number of aliphatic carboxylic acids is 1. The van der Waals surface area contributed by atoms with Gasteiger partial charge in [0.05, 0.1) is 5.56 Å². The van der Waals surface area contributed by atoms with E-state index in [2.05, 4.69) is 5.32 Å². The molecule has 0 radical (unpaired) electrons. The summed E-state index contributed by atoms with van der Waals surface area (Å²) >= 11 is 0. The van der Waals surface area contributed by atoms with Crippen LogP contribution < -0.4 is 5.32 Å². The molecule has 0 aromatic heterocycles. The summed E-state index contributed by atoms with van der Waals surface area (Å²) in [5.74, 6) is -3.83. The summed E-state index contributed by atoms with van der Waals surface area (Å²) in [5.41, 5.74) is -2.03. The SMILES string of the molecule is CC(C)C[C@@H](NC(=O)c1ccc(F)c(C(F)(F)F)c1)C(=O)O. The van der Waals surface area contributed by atoms with Crippen LogP contribution >= 0.6 is 0 Å². The lowest BCUT2D eigenvalue weighted by Crippen LogP contribution is -2.41. The first kappa shape index (κ1) is 17.9. The number of hydrogen-bond donors (Lipinski definition) is 2. The lowest BCUT2D eigenvalue weighted by Gasteiger charge is -2.17. The molecule has 0 bridgehead atoms. The molecule has 2 N–H and O–H groups in total. The number of rotatable bonds is 5. The van der Waals surface area contributed by atoms with Crippen molar-refractivity contribution in [3.8, 4) is 0 Å². The fraction of sp³-hybridized carbons (Fsp3) is 0.429. The predicted octanol–water partition coefficient (Wildman–Crippen LogP) is 3.07. The summed E-state index contributed by atoms with van der Waals surface area (Å²) in [5, 5.41) is 11.1. The standard InChI is InChI=1S/C14H15F4NO3/c1-7(2)5-11(13(21)22)19-12(20)8-3-4-10(15)9(6-8)14(16,17)18/h3-4,6-7,11H,5H2,1-2H3,(H,19,20)(H,21,22)/t11-/m1/s1. The number of carbonyl (C=O) groups excluding carboxylic acids is 1. The lowest BCUT2D eigenvalue weighted by atomic mass is 10.0. The third kappa shape index (κ3) is 4.71. The van der Waals surface area contributed by atoms with Crippen LogP contribution in [0.4, 0.5) is 17.6 Å². The van der Waals surface area contributed by atoms with Crippen LogP contribution in [0.15, 0.2) is 18.2 Å². The van der Waals surface area contributed by atoms with Crippen LogP contribution in [0.5, 0.6) is 0 Å². The first-order chi connectivity index (χ1) is 10.0. The van der Waals surface area contributed by atoms with E-state index in [-0.39, 0.29) is 12.3 Å². The van der Waals surface area contributed by atoms with Crippen molar-refractivity contribution >= 4 is 11.9 Å². The van der Waals surface area contributed by atoms with E-state index in [0.717, 1.165) is 6.07 Å². The first-order valence-corrected chi connectivity index (χ1v) is 6.42. The maximum absolute atomic E-state index is 13.1. The van der Waals surface area contributed by atoms with E-state index < -0.39 is 41.0 Å². The van der Waals surface area contributed by atoms with Gasteiger partial charge in [-0.15, -0.1) is 0 Å². The molecule has 0 heterocycles. The largest absolute Gasteiger partial charge is 0.480 e. The van der Waals surface area contributed by atoms with Gasteiger partial charge in [-0.25, -0.2) is 9.18 Å². The van der Waals surface area contributed by atoms with Crippen molar-refractivity contribution in [2.45, 2.75) is 32.5 Å². The summed E-state index contributed by atoms with van der Waals surface area (Å²) in [6, 6.07) is 0.523. The second kappa shape index (κ2) is 6.76. The zero-order chi connectivity index (χ0) is 17.1. The molecule has 122 valence electrons. The molecule has 0 saturated heterocycles. The molecular formula is C14H15F4NO3. The van der Waals surface area contributed by atoms with Crippen LogP contribution in [0.1, 0.15) is 36.2 Å². The van der Waals surface area contributed by atoms with Gasteiger partial charge in [0, 0.05) is 5.56 Å². The van der Waals surface area contributed by atoms with Gasteiger partial charge in [-0.3, -0.25) is 4.79 Å². The number of halogens is 4. The zero-order valence-electron chi connectivity index (χ0n) is 11.9. The topological polar surface area (TPSA) is 66.4 Å². The molecule has 1 atom stereocenters. The lowest BCUT2D eigenvalue weighted by molar-refractivity contribution is -0.140. The van der Waals surface area contributed by atoms with Gasteiger partial charge in [-0.1, -0.05) is 13.8 Å². The minimum absolute atomic E-state index is 0.0413. The average molecular weight is 321 g/mol. The number of carboxylic acids is 1. The van der Waals surface area contributed by atoms with Crippen LogP contribution in [0.25, 0.3) is 0 Å². The normalized spacial score (nSPS) is 13.0. The summed E-state index contributed by atoms with van der Waals surface area (Å²) in [7, 11) is 0. The number of alkyl halides is 3. The van der Waals surface area contributed by atoms with Crippen LogP contribution in [0.3, 0.4) is 0 Å². The zero-order valence-corrected chi connectivity index (χ0v) is 11.9. The van der Waals surface area contributed by atoms with Gasteiger partial charge in [0.1, 0.15) is 11.9 Å². The van der Waals surface area contributed by atoms with Gasteiger partial charge in [0.25, 0.3) is 5.91 Å². The average Bonchev–Trinajstić information content (AvgIpc) is 2.36. The Labute approximate surface area is 124 Å². The summed E-state index contributed by atoms with van der Waals surface area (Å²) in [6.07, 6.45) is -4.82. The van der Waals surface area contributed by atoms with Crippen LogP contribution in [-0.4, -0.2) is 23.0 Å². The number of carboxylic acid groups (broad SMARTS) is 1. The van der Waals surface area contributed by atoms with E-state index in [1.54, 1.807) is 13.8 Å². The van der Waals surface area contributed by atoms with Crippen molar-refractivity contribution in [2.75, 3.05) is 0 Å². The van der Waals surface area contributed by atoms with E-state index >= 15 is 0 Å². The molecule has 1 rings (SSSR count). The van der Waals surface area contributed by atoms with Gasteiger partial charge >= 0.3 is 12.1 Å². The molecule has 1 amide bonds. The second-order valence-corrected chi connectivity index (χ2v) is 5.19. The Kier molecular flexibility index (Phi) is 5.51. The molecular weight excluding hydrogens is 306 g/mol. The summed E-state index contributed by atoms with van der Waals surface area (Å²) in [6.45, 7) is 3.48. The third-order valence-electron chi connectivity index (χ3n) is 2.84. The van der Waals surface area contributed by atoms with E-state index in [9.17, 15) is 27.2 Å². The van der Waals surface area contributed by atoms with Gasteiger partial charge in [0.15, 0.2) is 0 Å². The molecule has 22 heavy (non-hydrogen) atoms. The molecule has 8 heteroatoms. The summed E-state index contributed by atoms with van der Waals surface area (Å²) < 4.78 is 50.9. The second-order valence-electron chi connectivity index (χ2n) is 5.19. The Bertz CT molecular complexity index is 570. The van der Waals surface area contributed by atoms with Crippen LogP contribution in [-0.2, 0) is 11.0 Å². The molecule has 0 aliphatic heterocycles. The van der Waals surface area contributed by atoms with Gasteiger partial charge in [-0.05, 0) is 30.5 Å². The number of benzene rings is 1. The highest BCUT2D eigenvalue weighted by atomic mass is 19.4. The maximum Gasteiger partial charge on any atom is 0.419 e. The number of amides is 1. The highest BCUT2D eigenvalue weighted by Gasteiger charge is 2.35. The molecule has 4 nitrogen and oxygen atoms in total. The van der Waals surface area contributed by atoms with Crippen molar-refractivity contribution in [2.24, 2.45) is 5.92 Å². The van der Waals surface area contributed by atoms with Crippen molar-refractivity contribution in [1.29, 1.82) is 0 Å². The van der Waals surface area contributed by atoms with E-state index in [4.69, 9.17) is 5.11 Å². The Balaban J connectivity index is 3.00. The van der Waals surface area contributed by atoms with E-state index in [1.165, 1.54) is 0 Å². The van der Waals surface area contributed by atoms with E-state index in [0.29, 0.717) is 12.1 Å². The monoisotopic (exact) mass is 321 g/mol. The van der Waals surface area contributed by atoms with Crippen molar-refractivity contribution in [3.63, 3.8) is 0 Å². The van der Waals surface area contributed by atoms with Gasteiger partial charge < -0.3 is 10.4 Å². The Morgan fingerprint density at radius 2 is 1.86 bits per heavy atom. The molecule has 0 spiro atoms. The fourth-order valence-corrected chi connectivity index (χ4v) is 1.82. The molecule has 0 unspecified atom stereocenters. The predicted molar refractivity (Wildman–Crippen MR) is 69.7 cm³/mol. The number of hydrogen-bond acceptors (Lipinski definition) is 2. The third-order valence-corrected chi connectivity index (χ3v) is 2.84. The Hall–Kier alpha value is -2.12. The van der Waals surface area contributed by atoms with Gasteiger partial charge in [-0.2, -0.15) is 13.2 Å². The summed E-state index contributed by atoms with van der Waals surface area (Å²) in [4.78, 5) is 22.9. The molecule has 0 aliphatic carbocycles. The van der Waals surface area contributed by atoms with Crippen LogP contribution in [0.2, 0.25) is 0 Å². The molecule has 0 aliphatic rings. The van der Waals surface area contributed by atoms with Crippen molar-refractivity contribution < 1.29 is 32.3 Å². The highest BCUT2D eigenvalue weighted by Crippen LogP contribution is 2.31. The van der Waals surface area contributed by atoms with E-state index in [1.807, 2.05) is 0 Å². The van der Waals surface area contributed by atoms with Crippen LogP contribution in [0, 0.1) is 11.7 Å². The van der Waals surface area contributed by atoms with Gasteiger partial charge in [0.2, 0.25) is 0 Å². The number of carbonyl (C=O) groups is 2. The quantitative estimate of drug-likeness (QED) is 0.819.